The van der Waals surface area contributed by atoms with E-state index in [4.69, 9.17) is 4.42 Å². The standard InChI is InChI=1S/C18H15N3O3S/c1-21-13-8-4-2-6-11(13)16(17(21)23)20-15(22)10-25-18-19-12-7-3-5-9-14(12)24-18/h2-9,16H,10H2,1H3,(H,20,22). The van der Waals surface area contributed by atoms with Crippen molar-refractivity contribution in [3.8, 4) is 0 Å². The maximum Gasteiger partial charge on any atom is 0.257 e. The Balaban J connectivity index is 1.43. The highest BCUT2D eigenvalue weighted by Gasteiger charge is 2.35. The van der Waals surface area contributed by atoms with Crippen LogP contribution in [0.1, 0.15) is 11.6 Å². The molecule has 3 aromatic rings. The molecule has 1 aliphatic rings. The number of aromatic nitrogens is 1. The number of fused-ring (bicyclic) bond motifs is 2. The summed E-state index contributed by atoms with van der Waals surface area (Å²) < 4.78 is 5.58. The highest BCUT2D eigenvalue weighted by molar-refractivity contribution is 7.99. The number of thioether (sulfide) groups is 1. The summed E-state index contributed by atoms with van der Waals surface area (Å²) in [6, 6.07) is 14.2. The third-order valence-corrected chi connectivity index (χ3v) is 4.92. The lowest BCUT2D eigenvalue weighted by atomic mass is 10.1. The fraction of sp³-hybridized carbons (Fsp3) is 0.167. The van der Waals surface area contributed by atoms with E-state index in [1.54, 1.807) is 11.9 Å². The van der Waals surface area contributed by atoms with Crippen molar-refractivity contribution in [3.05, 3.63) is 54.1 Å². The fourth-order valence-corrected chi connectivity index (χ4v) is 3.51. The van der Waals surface area contributed by atoms with Gasteiger partial charge in [-0.3, -0.25) is 9.59 Å². The van der Waals surface area contributed by atoms with E-state index in [9.17, 15) is 9.59 Å². The minimum absolute atomic E-state index is 0.127. The van der Waals surface area contributed by atoms with Crippen LogP contribution in [0.3, 0.4) is 0 Å². The molecule has 0 bridgehead atoms. The molecule has 6 nitrogen and oxygen atoms in total. The second kappa shape index (κ2) is 6.25. The molecule has 1 aliphatic heterocycles. The third kappa shape index (κ3) is 2.87. The van der Waals surface area contributed by atoms with E-state index in [1.807, 2.05) is 48.5 Å². The van der Waals surface area contributed by atoms with Crippen molar-refractivity contribution in [2.45, 2.75) is 11.3 Å². The number of carbonyl (C=O) groups is 2. The maximum absolute atomic E-state index is 12.4. The molecule has 126 valence electrons. The maximum atomic E-state index is 12.4. The summed E-state index contributed by atoms with van der Waals surface area (Å²) in [5, 5.41) is 3.24. The van der Waals surface area contributed by atoms with Crippen molar-refractivity contribution < 1.29 is 14.0 Å². The Morgan fingerprint density at radius 1 is 1.24 bits per heavy atom. The smallest absolute Gasteiger partial charge is 0.257 e. The number of carbonyl (C=O) groups excluding carboxylic acids is 2. The molecule has 0 spiro atoms. The van der Waals surface area contributed by atoms with Crippen LogP contribution in [-0.2, 0) is 9.59 Å². The van der Waals surface area contributed by atoms with Gasteiger partial charge in [0.05, 0.1) is 5.75 Å². The number of para-hydroxylation sites is 3. The zero-order valence-corrected chi connectivity index (χ0v) is 14.2. The molecular formula is C18H15N3O3S. The number of likely N-dealkylation sites (N-methyl/N-ethyl adjacent to an activating group) is 1. The quantitative estimate of drug-likeness (QED) is 0.730. The van der Waals surface area contributed by atoms with E-state index in [-0.39, 0.29) is 17.6 Å². The van der Waals surface area contributed by atoms with Crippen LogP contribution in [0.2, 0.25) is 0 Å². The second-order valence-electron chi connectivity index (χ2n) is 5.69. The molecule has 7 heteroatoms. The first-order valence-electron chi connectivity index (χ1n) is 7.78. The highest BCUT2D eigenvalue weighted by atomic mass is 32.2. The predicted molar refractivity (Wildman–Crippen MR) is 95.5 cm³/mol. The summed E-state index contributed by atoms with van der Waals surface area (Å²) in [6.45, 7) is 0. The number of benzene rings is 2. The van der Waals surface area contributed by atoms with Gasteiger partial charge in [-0.2, -0.15) is 0 Å². The predicted octanol–water partition coefficient (Wildman–Crippen LogP) is 2.75. The first-order chi connectivity index (χ1) is 12.1. The largest absolute Gasteiger partial charge is 0.431 e. The average Bonchev–Trinajstić information content (AvgIpc) is 3.15. The van der Waals surface area contributed by atoms with E-state index in [0.29, 0.717) is 10.8 Å². The van der Waals surface area contributed by atoms with Crippen LogP contribution in [0.15, 0.2) is 58.2 Å². The van der Waals surface area contributed by atoms with Gasteiger partial charge < -0.3 is 14.6 Å². The number of amides is 2. The van der Waals surface area contributed by atoms with Gasteiger partial charge >= 0.3 is 0 Å². The molecule has 0 radical (unpaired) electrons. The van der Waals surface area contributed by atoms with E-state index in [1.165, 1.54) is 11.8 Å². The van der Waals surface area contributed by atoms with E-state index < -0.39 is 6.04 Å². The summed E-state index contributed by atoms with van der Waals surface area (Å²) in [5.41, 5.74) is 3.08. The molecular weight excluding hydrogens is 338 g/mol. The number of hydrogen-bond acceptors (Lipinski definition) is 5. The van der Waals surface area contributed by atoms with Crippen LogP contribution in [0.4, 0.5) is 5.69 Å². The molecule has 2 amide bonds. The highest BCUT2D eigenvalue weighted by Crippen LogP contribution is 2.34. The van der Waals surface area contributed by atoms with Crippen LogP contribution in [0.5, 0.6) is 0 Å². The number of oxazole rings is 1. The summed E-state index contributed by atoms with van der Waals surface area (Å²) in [4.78, 5) is 30.5. The van der Waals surface area contributed by atoms with Gasteiger partial charge in [0.1, 0.15) is 11.6 Å². The molecule has 1 atom stereocenters. The van der Waals surface area contributed by atoms with E-state index in [0.717, 1.165) is 16.8 Å². The SMILES string of the molecule is CN1C(=O)C(NC(=O)CSc2nc3ccccc3o2)c2ccccc21. The molecule has 0 aliphatic carbocycles. The second-order valence-corrected chi connectivity index (χ2v) is 6.62. The topological polar surface area (TPSA) is 75.4 Å². The van der Waals surface area contributed by atoms with Crippen LogP contribution in [0, 0.1) is 0 Å². The van der Waals surface area contributed by atoms with E-state index in [2.05, 4.69) is 10.3 Å². The minimum Gasteiger partial charge on any atom is -0.431 e. The normalized spacial score (nSPS) is 16.3. The summed E-state index contributed by atoms with van der Waals surface area (Å²) in [6.07, 6.45) is 0. The number of nitrogens with one attached hydrogen (secondary N) is 1. The monoisotopic (exact) mass is 353 g/mol. The molecule has 1 N–H and O–H groups in total. The molecule has 4 rings (SSSR count). The molecule has 0 saturated heterocycles. The van der Waals surface area contributed by atoms with Crippen molar-refractivity contribution in [2.75, 3.05) is 17.7 Å². The minimum atomic E-state index is -0.641. The first-order valence-corrected chi connectivity index (χ1v) is 8.76. The summed E-state index contributed by atoms with van der Waals surface area (Å²) in [7, 11) is 1.71. The molecule has 0 saturated carbocycles. The Labute approximate surface area is 148 Å². The van der Waals surface area contributed by atoms with Gasteiger partial charge in [-0.25, -0.2) is 4.98 Å². The zero-order chi connectivity index (χ0) is 17.4. The molecule has 0 fully saturated rings. The Hall–Kier alpha value is -2.80. The van der Waals surface area contributed by atoms with Crippen LogP contribution >= 0.6 is 11.8 Å². The van der Waals surface area contributed by atoms with Gasteiger partial charge in [0.25, 0.3) is 11.1 Å². The third-order valence-electron chi connectivity index (χ3n) is 4.09. The van der Waals surface area contributed by atoms with Crippen molar-refractivity contribution in [1.82, 2.24) is 10.3 Å². The van der Waals surface area contributed by atoms with Crippen molar-refractivity contribution in [3.63, 3.8) is 0 Å². The van der Waals surface area contributed by atoms with Gasteiger partial charge in [0, 0.05) is 18.3 Å². The number of rotatable bonds is 4. The fourth-order valence-electron chi connectivity index (χ4n) is 2.86. The van der Waals surface area contributed by atoms with Crippen molar-refractivity contribution >= 4 is 40.4 Å². The lowest BCUT2D eigenvalue weighted by molar-refractivity contribution is -0.125. The van der Waals surface area contributed by atoms with E-state index >= 15 is 0 Å². The van der Waals surface area contributed by atoms with Gasteiger partial charge in [0.15, 0.2) is 5.58 Å². The number of nitrogens with zero attached hydrogens (tertiary/aromatic N) is 2. The average molecular weight is 353 g/mol. The summed E-state index contributed by atoms with van der Waals surface area (Å²) >= 11 is 1.21. The molecule has 2 aromatic carbocycles. The Morgan fingerprint density at radius 2 is 2.00 bits per heavy atom. The Kier molecular flexibility index (Phi) is 3.93. The van der Waals surface area contributed by atoms with Crippen LogP contribution < -0.4 is 10.2 Å². The van der Waals surface area contributed by atoms with Gasteiger partial charge in [0.2, 0.25) is 5.91 Å². The van der Waals surface area contributed by atoms with Gasteiger partial charge in [-0.1, -0.05) is 42.1 Å². The van der Waals surface area contributed by atoms with Gasteiger partial charge in [-0.05, 0) is 18.2 Å². The Bertz CT molecular complexity index is 936. The Morgan fingerprint density at radius 3 is 2.84 bits per heavy atom. The van der Waals surface area contributed by atoms with Crippen molar-refractivity contribution in [1.29, 1.82) is 0 Å². The summed E-state index contributed by atoms with van der Waals surface area (Å²) in [5.74, 6) is -0.250. The first kappa shape index (κ1) is 15.7. The van der Waals surface area contributed by atoms with Crippen molar-refractivity contribution in [2.24, 2.45) is 0 Å². The van der Waals surface area contributed by atoms with Crippen LogP contribution in [-0.4, -0.2) is 29.6 Å². The van der Waals surface area contributed by atoms with Crippen LogP contribution in [0.25, 0.3) is 11.1 Å². The molecule has 1 unspecified atom stereocenters. The molecule has 25 heavy (non-hydrogen) atoms. The molecule has 1 aromatic heterocycles. The number of anilines is 1. The lowest BCUT2D eigenvalue weighted by Gasteiger charge is -2.12. The van der Waals surface area contributed by atoms with Gasteiger partial charge in [-0.15, -0.1) is 0 Å². The number of hydrogen-bond donors (Lipinski definition) is 1. The molecule has 2 heterocycles. The lowest BCUT2D eigenvalue weighted by Crippen LogP contribution is -2.36. The zero-order valence-electron chi connectivity index (χ0n) is 13.4.